The van der Waals surface area contributed by atoms with Gasteiger partial charge >= 0.3 is 6.03 Å². The van der Waals surface area contributed by atoms with Gasteiger partial charge in [-0.2, -0.15) is 0 Å². The minimum absolute atomic E-state index is 0.00647. The zero-order valence-electron chi connectivity index (χ0n) is 17.2. The van der Waals surface area contributed by atoms with Gasteiger partial charge in [0.2, 0.25) is 0 Å². The quantitative estimate of drug-likeness (QED) is 0.631. The fourth-order valence-electron chi connectivity index (χ4n) is 3.35. The van der Waals surface area contributed by atoms with Crippen LogP contribution in [0.2, 0.25) is 0 Å². The summed E-state index contributed by atoms with van der Waals surface area (Å²) in [4.78, 5) is 38.3. The summed E-state index contributed by atoms with van der Waals surface area (Å²) in [6.45, 7) is 4.01. The van der Waals surface area contributed by atoms with Crippen molar-refractivity contribution in [2.75, 3.05) is 31.5 Å². The first-order valence-corrected chi connectivity index (χ1v) is 10.9. The van der Waals surface area contributed by atoms with Crippen LogP contribution in [0.15, 0.2) is 77.0 Å². The molecule has 0 aliphatic carbocycles. The van der Waals surface area contributed by atoms with E-state index in [0.717, 1.165) is 16.1 Å². The summed E-state index contributed by atoms with van der Waals surface area (Å²) in [6.07, 6.45) is 3.42. The van der Waals surface area contributed by atoms with Gasteiger partial charge in [-0.25, -0.2) is 14.8 Å². The van der Waals surface area contributed by atoms with Gasteiger partial charge in [-0.15, -0.1) is 0 Å². The monoisotopic (exact) mass is 433 g/mol. The van der Waals surface area contributed by atoms with Gasteiger partial charge in [-0.3, -0.25) is 4.79 Å². The van der Waals surface area contributed by atoms with Gasteiger partial charge in [0, 0.05) is 54.7 Å². The highest BCUT2D eigenvalue weighted by atomic mass is 32.2. The van der Waals surface area contributed by atoms with E-state index in [1.54, 1.807) is 28.3 Å². The van der Waals surface area contributed by atoms with E-state index in [1.165, 1.54) is 11.8 Å². The van der Waals surface area contributed by atoms with Gasteiger partial charge in [-0.1, -0.05) is 18.2 Å². The number of aromatic nitrogens is 2. The molecule has 1 saturated heterocycles. The molecule has 1 aliphatic rings. The van der Waals surface area contributed by atoms with E-state index in [4.69, 9.17) is 0 Å². The number of benzene rings is 2. The van der Waals surface area contributed by atoms with Gasteiger partial charge in [0.15, 0.2) is 5.16 Å². The van der Waals surface area contributed by atoms with Crippen LogP contribution in [0.5, 0.6) is 0 Å². The van der Waals surface area contributed by atoms with Gasteiger partial charge in [0.25, 0.3) is 5.91 Å². The third kappa shape index (κ3) is 5.21. The van der Waals surface area contributed by atoms with Crippen LogP contribution < -0.4 is 5.32 Å². The van der Waals surface area contributed by atoms with Crippen LogP contribution in [0.25, 0.3) is 0 Å². The van der Waals surface area contributed by atoms with Crippen molar-refractivity contribution in [1.82, 2.24) is 19.8 Å². The van der Waals surface area contributed by atoms with Crippen LogP contribution in [0, 0.1) is 6.92 Å². The summed E-state index contributed by atoms with van der Waals surface area (Å²) >= 11 is 1.48. The van der Waals surface area contributed by atoms with E-state index in [0.29, 0.717) is 36.9 Å². The van der Waals surface area contributed by atoms with Gasteiger partial charge in [0.05, 0.1) is 0 Å². The first-order valence-electron chi connectivity index (χ1n) is 10.1. The first kappa shape index (κ1) is 20.9. The number of hydrogen-bond donors (Lipinski definition) is 1. The van der Waals surface area contributed by atoms with E-state index in [1.807, 2.05) is 55.5 Å². The Bertz CT molecular complexity index is 1050. The average molecular weight is 434 g/mol. The maximum atomic E-state index is 12.7. The van der Waals surface area contributed by atoms with Crippen molar-refractivity contribution < 1.29 is 9.59 Å². The van der Waals surface area contributed by atoms with Gasteiger partial charge in [0.1, 0.15) is 0 Å². The second-order valence-electron chi connectivity index (χ2n) is 7.19. The predicted octanol–water partition coefficient (Wildman–Crippen LogP) is 3.93. The fourth-order valence-corrected chi connectivity index (χ4v) is 4.16. The molecule has 31 heavy (non-hydrogen) atoms. The molecular weight excluding hydrogens is 410 g/mol. The predicted molar refractivity (Wildman–Crippen MR) is 120 cm³/mol. The summed E-state index contributed by atoms with van der Waals surface area (Å²) in [5, 5.41) is 3.67. The molecule has 8 heteroatoms. The molecule has 0 bridgehead atoms. The summed E-state index contributed by atoms with van der Waals surface area (Å²) < 4.78 is 0. The standard InChI is InChI=1S/C23H23N5O2S/c1-17-16-19(31-22-24-10-5-11-25-22)8-9-20(17)26-23(30)28-14-12-27(13-15-28)21(29)18-6-3-2-4-7-18/h2-11,16H,12-15H2,1H3,(H,26,30). The maximum Gasteiger partial charge on any atom is 0.321 e. The van der Waals surface area contributed by atoms with Crippen molar-refractivity contribution >= 4 is 29.4 Å². The SMILES string of the molecule is Cc1cc(Sc2ncccn2)ccc1NC(=O)N1CCN(C(=O)c2ccccc2)CC1. The van der Waals surface area contributed by atoms with Crippen molar-refractivity contribution in [3.8, 4) is 0 Å². The third-order valence-corrected chi connectivity index (χ3v) is 5.95. The lowest BCUT2D eigenvalue weighted by Crippen LogP contribution is -2.51. The number of piperazine rings is 1. The zero-order valence-corrected chi connectivity index (χ0v) is 18.0. The molecule has 1 aliphatic heterocycles. The van der Waals surface area contributed by atoms with Crippen molar-refractivity contribution in [3.05, 3.63) is 78.1 Å². The van der Waals surface area contributed by atoms with Crippen LogP contribution in [-0.2, 0) is 0 Å². The van der Waals surface area contributed by atoms with E-state index in [2.05, 4.69) is 15.3 Å². The topological polar surface area (TPSA) is 78.4 Å². The molecule has 0 atom stereocenters. The molecule has 1 fully saturated rings. The molecule has 2 heterocycles. The number of anilines is 1. The van der Waals surface area contributed by atoms with Crippen LogP contribution >= 0.6 is 11.8 Å². The van der Waals surface area contributed by atoms with Gasteiger partial charge < -0.3 is 15.1 Å². The Balaban J connectivity index is 1.32. The summed E-state index contributed by atoms with van der Waals surface area (Å²) in [7, 11) is 0. The molecule has 4 rings (SSSR count). The number of aryl methyl sites for hydroxylation is 1. The lowest BCUT2D eigenvalue weighted by atomic mass is 10.2. The lowest BCUT2D eigenvalue weighted by Gasteiger charge is -2.34. The number of carbonyl (C=O) groups excluding carboxylic acids is 2. The Morgan fingerprint density at radius 3 is 2.26 bits per heavy atom. The van der Waals surface area contributed by atoms with Crippen molar-refractivity contribution in [2.45, 2.75) is 17.0 Å². The van der Waals surface area contributed by atoms with E-state index in [-0.39, 0.29) is 11.9 Å². The fraction of sp³-hybridized carbons (Fsp3) is 0.217. The number of nitrogens with one attached hydrogen (secondary N) is 1. The molecular formula is C23H23N5O2S. The Hall–Kier alpha value is -3.39. The lowest BCUT2D eigenvalue weighted by molar-refractivity contribution is 0.0671. The maximum absolute atomic E-state index is 12.7. The van der Waals surface area contributed by atoms with Crippen LogP contribution in [-0.4, -0.2) is 57.9 Å². The second-order valence-corrected chi connectivity index (χ2v) is 8.23. The minimum Gasteiger partial charge on any atom is -0.335 e. The largest absolute Gasteiger partial charge is 0.335 e. The normalized spacial score (nSPS) is 13.7. The molecule has 0 unspecified atom stereocenters. The second kappa shape index (κ2) is 9.61. The zero-order chi connectivity index (χ0) is 21.6. The molecule has 1 aromatic heterocycles. The number of amides is 3. The number of hydrogen-bond acceptors (Lipinski definition) is 5. The summed E-state index contributed by atoms with van der Waals surface area (Å²) in [5.41, 5.74) is 2.41. The molecule has 3 aromatic rings. The Morgan fingerprint density at radius 1 is 0.903 bits per heavy atom. The minimum atomic E-state index is -0.151. The molecule has 0 radical (unpaired) electrons. The molecule has 7 nitrogen and oxygen atoms in total. The highest BCUT2D eigenvalue weighted by molar-refractivity contribution is 7.99. The Kier molecular flexibility index (Phi) is 6.47. The van der Waals surface area contributed by atoms with E-state index in [9.17, 15) is 9.59 Å². The molecule has 2 aromatic carbocycles. The van der Waals surface area contributed by atoms with Crippen molar-refractivity contribution in [3.63, 3.8) is 0 Å². The van der Waals surface area contributed by atoms with Crippen LogP contribution in [0.3, 0.4) is 0 Å². The van der Waals surface area contributed by atoms with Gasteiger partial charge in [-0.05, 0) is 60.6 Å². The molecule has 3 amide bonds. The number of urea groups is 1. The Morgan fingerprint density at radius 2 is 1.58 bits per heavy atom. The molecule has 0 saturated carbocycles. The van der Waals surface area contributed by atoms with Crippen LogP contribution in [0.4, 0.5) is 10.5 Å². The Labute approximate surface area is 185 Å². The average Bonchev–Trinajstić information content (AvgIpc) is 2.81. The smallest absolute Gasteiger partial charge is 0.321 e. The van der Waals surface area contributed by atoms with Crippen molar-refractivity contribution in [2.24, 2.45) is 0 Å². The summed E-state index contributed by atoms with van der Waals surface area (Å²) in [6, 6.07) is 16.7. The van der Waals surface area contributed by atoms with Crippen LogP contribution in [0.1, 0.15) is 15.9 Å². The molecule has 0 spiro atoms. The van der Waals surface area contributed by atoms with E-state index >= 15 is 0 Å². The highest BCUT2D eigenvalue weighted by Gasteiger charge is 2.25. The number of carbonyl (C=O) groups is 2. The molecule has 158 valence electrons. The van der Waals surface area contributed by atoms with E-state index < -0.39 is 0 Å². The third-order valence-electron chi connectivity index (χ3n) is 5.07. The number of nitrogens with zero attached hydrogens (tertiary/aromatic N) is 4. The highest BCUT2D eigenvalue weighted by Crippen LogP contribution is 2.28. The number of rotatable bonds is 4. The van der Waals surface area contributed by atoms with Crippen molar-refractivity contribution in [1.29, 1.82) is 0 Å². The summed E-state index contributed by atoms with van der Waals surface area (Å²) in [5.74, 6) is 0.00647. The molecule has 1 N–H and O–H groups in total. The first-order chi connectivity index (χ1) is 15.1.